The van der Waals surface area contributed by atoms with Crippen molar-refractivity contribution >= 4 is 16.9 Å². The molecule has 2 rings (SSSR count). The molecule has 0 spiro atoms. The number of carbonyl (C=O) groups is 1. The number of para-hydroxylation sites is 1. The van der Waals surface area contributed by atoms with Crippen LogP contribution < -0.4 is 0 Å². The van der Waals surface area contributed by atoms with Gasteiger partial charge < -0.3 is 9.84 Å². The smallest absolute Gasteiger partial charge is 0.342 e. The molecule has 0 fully saturated rings. The number of nitrogens with zero attached hydrogens (tertiary/aromatic N) is 1. The summed E-state index contributed by atoms with van der Waals surface area (Å²) in [7, 11) is 1.28. The number of aryl methyl sites for hydroxylation is 1. The Bertz CT molecular complexity index is 563. The van der Waals surface area contributed by atoms with Gasteiger partial charge in [0.25, 0.3) is 0 Å². The summed E-state index contributed by atoms with van der Waals surface area (Å²) in [4.78, 5) is 15.8. The number of carbonyl (C=O) groups excluding carboxylic acids is 1. The zero-order chi connectivity index (χ0) is 11.7. The lowest BCUT2D eigenvalue weighted by Gasteiger charge is -2.08. The summed E-state index contributed by atoms with van der Waals surface area (Å²) < 4.78 is 4.65. The van der Waals surface area contributed by atoms with Crippen molar-refractivity contribution in [3.05, 3.63) is 35.5 Å². The monoisotopic (exact) mass is 217 g/mol. The molecule has 0 aliphatic rings. The summed E-state index contributed by atoms with van der Waals surface area (Å²) >= 11 is 0. The van der Waals surface area contributed by atoms with Crippen LogP contribution in [0.3, 0.4) is 0 Å². The number of esters is 1. The summed E-state index contributed by atoms with van der Waals surface area (Å²) in [5.41, 5.74) is 1.25. The van der Waals surface area contributed by atoms with Crippen LogP contribution in [-0.2, 0) is 4.74 Å². The van der Waals surface area contributed by atoms with Crippen LogP contribution in [0.5, 0.6) is 5.75 Å². The van der Waals surface area contributed by atoms with Crippen LogP contribution in [0.15, 0.2) is 24.3 Å². The molecule has 0 saturated carbocycles. The molecule has 0 bridgehead atoms. The van der Waals surface area contributed by atoms with Crippen molar-refractivity contribution in [3.63, 3.8) is 0 Å². The molecule has 0 saturated heterocycles. The lowest BCUT2D eigenvalue weighted by Crippen LogP contribution is -2.04. The molecule has 0 amide bonds. The number of methoxy groups -OCH3 is 1. The van der Waals surface area contributed by atoms with Crippen LogP contribution in [0, 0.1) is 6.92 Å². The van der Waals surface area contributed by atoms with Crippen LogP contribution in [0.2, 0.25) is 0 Å². The second-order valence-corrected chi connectivity index (χ2v) is 3.43. The number of fused-ring (bicyclic) bond motifs is 1. The normalized spacial score (nSPS) is 10.4. The van der Waals surface area contributed by atoms with Gasteiger partial charge in [-0.25, -0.2) is 9.78 Å². The Morgan fingerprint density at radius 1 is 1.38 bits per heavy atom. The third-order valence-corrected chi connectivity index (χ3v) is 2.43. The molecule has 0 aliphatic carbocycles. The van der Waals surface area contributed by atoms with Gasteiger partial charge >= 0.3 is 5.97 Å². The Hall–Kier alpha value is -2.10. The molecule has 16 heavy (non-hydrogen) atoms. The first kappa shape index (κ1) is 10.4. The minimum atomic E-state index is -0.556. The Labute approximate surface area is 92.5 Å². The number of ether oxygens (including phenoxy) is 1. The average molecular weight is 217 g/mol. The van der Waals surface area contributed by atoms with Crippen LogP contribution in [0.1, 0.15) is 16.1 Å². The average Bonchev–Trinajstić information content (AvgIpc) is 2.30. The van der Waals surface area contributed by atoms with E-state index in [9.17, 15) is 9.90 Å². The fourth-order valence-electron chi connectivity index (χ4n) is 1.63. The van der Waals surface area contributed by atoms with Crippen LogP contribution in [0.4, 0.5) is 0 Å². The summed E-state index contributed by atoms with van der Waals surface area (Å²) in [5.74, 6) is -0.676. The maximum absolute atomic E-state index is 11.6. The highest BCUT2D eigenvalue weighted by Gasteiger charge is 2.18. The first-order valence-electron chi connectivity index (χ1n) is 4.81. The predicted molar refractivity (Wildman–Crippen MR) is 59.5 cm³/mol. The highest BCUT2D eigenvalue weighted by molar-refractivity contribution is 6.06. The Balaban J connectivity index is 2.87. The lowest BCUT2D eigenvalue weighted by molar-refractivity contribution is 0.0599. The van der Waals surface area contributed by atoms with Crippen molar-refractivity contribution in [1.82, 2.24) is 4.98 Å². The van der Waals surface area contributed by atoms with Gasteiger partial charge in [-0.05, 0) is 13.0 Å². The molecule has 4 heteroatoms. The van der Waals surface area contributed by atoms with Crippen molar-refractivity contribution in [2.24, 2.45) is 0 Å². The quantitative estimate of drug-likeness (QED) is 0.742. The maximum atomic E-state index is 11.6. The van der Waals surface area contributed by atoms with E-state index in [-0.39, 0.29) is 11.3 Å². The zero-order valence-corrected chi connectivity index (χ0v) is 9.02. The fraction of sp³-hybridized carbons (Fsp3) is 0.167. The number of benzene rings is 1. The van der Waals surface area contributed by atoms with Gasteiger partial charge in [0.1, 0.15) is 5.56 Å². The van der Waals surface area contributed by atoms with E-state index < -0.39 is 5.97 Å². The molecule has 1 N–H and O–H groups in total. The summed E-state index contributed by atoms with van der Waals surface area (Å²) in [6.07, 6.45) is 0. The van der Waals surface area contributed by atoms with Gasteiger partial charge in [-0.2, -0.15) is 0 Å². The molecular weight excluding hydrogens is 206 g/mol. The number of hydrogen-bond acceptors (Lipinski definition) is 4. The fourth-order valence-corrected chi connectivity index (χ4v) is 1.63. The van der Waals surface area contributed by atoms with Crippen molar-refractivity contribution < 1.29 is 14.6 Å². The van der Waals surface area contributed by atoms with Crippen LogP contribution >= 0.6 is 0 Å². The molecule has 0 aliphatic heterocycles. The molecule has 4 nitrogen and oxygen atoms in total. The third kappa shape index (κ3) is 1.48. The number of aromatic nitrogens is 1. The van der Waals surface area contributed by atoms with Gasteiger partial charge in [0.2, 0.25) is 0 Å². The van der Waals surface area contributed by atoms with Crippen molar-refractivity contribution in [3.8, 4) is 5.75 Å². The summed E-state index contributed by atoms with van der Waals surface area (Å²) in [5, 5.41) is 10.4. The van der Waals surface area contributed by atoms with E-state index in [1.807, 2.05) is 6.07 Å². The first-order valence-corrected chi connectivity index (χ1v) is 4.81. The molecular formula is C12H11NO3. The van der Waals surface area contributed by atoms with E-state index >= 15 is 0 Å². The van der Waals surface area contributed by atoms with E-state index in [1.165, 1.54) is 7.11 Å². The van der Waals surface area contributed by atoms with Crippen molar-refractivity contribution in [1.29, 1.82) is 0 Å². The Morgan fingerprint density at radius 2 is 2.06 bits per heavy atom. The zero-order valence-electron chi connectivity index (χ0n) is 9.02. The molecule has 0 atom stereocenters. The van der Waals surface area contributed by atoms with Crippen LogP contribution in [-0.4, -0.2) is 23.2 Å². The highest BCUT2D eigenvalue weighted by Crippen LogP contribution is 2.28. The summed E-state index contributed by atoms with van der Waals surface area (Å²) in [6.45, 7) is 1.65. The summed E-state index contributed by atoms with van der Waals surface area (Å²) in [6, 6.07) is 7.13. The minimum Gasteiger partial charge on any atom is -0.505 e. The number of rotatable bonds is 1. The maximum Gasteiger partial charge on any atom is 0.342 e. The van der Waals surface area contributed by atoms with Crippen molar-refractivity contribution in [2.75, 3.05) is 7.11 Å². The predicted octanol–water partition coefficient (Wildman–Crippen LogP) is 2.04. The van der Waals surface area contributed by atoms with E-state index in [0.29, 0.717) is 16.6 Å². The van der Waals surface area contributed by atoms with E-state index in [0.717, 1.165) is 0 Å². The molecule has 0 radical (unpaired) electrons. The first-order chi connectivity index (χ1) is 7.65. The topological polar surface area (TPSA) is 59.4 Å². The van der Waals surface area contributed by atoms with Gasteiger partial charge in [-0.1, -0.05) is 18.2 Å². The number of hydrogen-bond donors (Lipinski definition) is 1. The molecule has 0 unspecified atom stereocenters. The van der Waals surface area contributed by atoms with E-state index in [4.69, 9.17) is 0 Å². The second kappa shape index (κ2) is 3.81. The Kier molecular flexibility index (Phi) is 2.48. The molecule has 1 aromatic heterocycles. The van der Waals surface area contributed by atoms with Crippen LogP contribution in [0.25, 0.3) is 10.9 Å². The van der Waals surface area contributed by atoms with Gasteiger partial charge in [-0.15, -0.1) is 0 Å². The number of aromatic hydroxyl groups is 1. The van der Waals surface area contributed by atoms with Gasteiger partial charge in [-0.3, -0.25) is 0 Å². The van der Waals surface area contributed by atoms with Gasteiger partial charge in [0, 0.05) is 5.39 Å². The standard InChI is InChI=1S/C12H11NO3/c1-7-11(14)10(12(15)16-2)8-5-3-4-6-9(8)13-7/h3-6,14H,1-2H3. The second-order valence-electron chi connectivity index (χ2n) is 3.43. The van der Waals surface area contributed by atoms with Gasteiger partial charge in [0.05, 0.1) is 18.3 Å². The van der Waals surface area contributed by atoms with E-state index in [2.05, 4.69) is 9.72 Å². The van der Waals surface area contributed by atoms with Gasteiger partial charge in [0.15, 0.2) is 5.75 Å². The van der Waals surface area contributed by atoms with Crippen molar-refractivity contribution in [2.45, 2.75) is 6.92 Å². The highest BCUT2D eigenvalue weighted by atomic mass is 16.5. The molecule has 1 aromatic carbocycles. The lowest BCUT2D eigenvalue weighted by atomic mass is 10.1. The molecule has 2 aromatic rings. The third-order valence-electron chi connectivity index (χ3n) is 2.43. The number of pyridine rings is 1. The SMILES string of the molecule is COC(=O)c1c(O)c(C)nc2ccccc12. The Morgan fingerprint density at radius 3 is 2.75 bits per heavy atom. The minimum absolute atomic E-state index is 0.120. The van der Waals surface area contributed by atoms with E-state index in [1.54, 1.807) is 25.1 Å². The molecule has 1 heterocycles. The molecule has 82 valence electrons. The largest absolute Gasteiger partial charge is 0.505 e.